The van der Waals surface area contributed by atoms with Crippen LogP contribution in [0.5, 0.6) is 5.75 Å². The lowest BCUT2D eigenvalue weighted by atomic mass is 9.98. The van der Waals surface area contributed by atoms with E-state index in [4.69, 9.17) is 4.74 Å². The van der Waals surface area contributed by atoms with Crippen molar-refractivity contribution < 1.29 is 4.74 Å². The normalized spacial score (nSPS) is 12.4. The van der Waals surface area contributed by atoms with Gasteiger partial charge in [0.1, 0.15) is 5.75 Å². The van der Waals surface area contributed by atoms with Crippen LogP contribution < -0.4 is 10.1 Å². The zero-order chi connectivity index (χ0) is 14.8. The SMILES string of the molecule is CCCCCCC(NCCC)c1ccc(C)c(OC)c1. The quantitative estimate of drug-likeness (QED) is 0.607. The van der Waals surface area contributed by atoms with E-state index in [2.05, 4.69) is 44.3 Å². The third-order valence-corrected chi connectivity index (χ3v) is 3.82. The molecule has 2 nitrogen and oxygen atoms in total. The molecule has 1 rings (SSSR count). The molecule has 0 radical (unpaired) electrons. The summed E-state index contributed by atoms with van der Waals surface area (Å²) in [6, 6.07) is 7.07. The van der Waals surface area contributed by atoms with Crippen LogP contribution in [0.1, 0.15) is 69.5 Å². The summed E-state index contributed by atoms with van der Waals surface area (Å²) in [5.41, 5.74) is 2.56. The lowest BCUT2D eigenvalue weighted by Crippen LogP contribution is -2.22. The molecule has 1 atom stereocenters. The molecule has 0 heterocycles. The molecule has 1 aromatic rings. The lowest BCUT2D eigenvalue weighted by molar-refractivity contribution is 0.408. The van der Waals surface area contributed by atoms with Crippen molar-refractivity contribution >= 4 is 0 Å². The molecule has 1 aromatic carbocycles. The highest BCUT2D eigenvalue weighted by atomic mass is 16.5. The average molecular weight is 277 g/mol. The van der Waals surface area contributed by atoms with Crippen molar-refractivity contribution in [1.82, 2.24) is 5.32 Å². The fourth-order valence-electron chi connectivity index (χ4n) is 2.53. The van der Waals surface area contributed by atoms with E-state index in [1.54, 1.807) is 7.11 Å². The van der Waals surface area contributed by atoms with E-state index in [1.165, 1.54) is 49.7 Å². The Morgan fingerprint density at radius 3 is 2.55 bits per heavy atom. The molecule has 1 N–H and O–H groups in total. The molecular formula is C18H31NO. The standard InChI is InChI=1S/C18H31NO/c1-5-7-8-9-10-17(19-13-6-2)16-12-11-15(3)18(14-16)20-4/h11-12,14,17,19H,5-10,13H2,1-4H3. The molecule has 0 saturated heterocycles. The second-order valence-electron chi connectivity index (χ2n) is 5.59. The molecule has 0 aliphatic rings. The van der Waals surface area contributed by atoms with Gasteiger partial charge in [0.2, 0.25) is 0 Å². The van der Waals surface area contributed by atoms with Crippen molar-refractivity contribution in [3.05, 3.63) is 29.3 Å². The van der Waals surface area contributed by atoms with Gasteiger partial charge in [-0.25, -0.2) is 0 Å². The van der Waals surface area contributed by atoms with E-state index >= 15 is 0 Å². The van der Waals surface area contributed by atoms with Gasteiger partial charge in [-0.15, -0.1) is 0 Å². The molecule has 0 bridgehead atoms. The first-order valence-electron chi connectivity index (χ1n) is 8.10. The number of aryl methyl sites for hydroxylation is 1. The minimum Gasteiger partial charge on any atom is -0.496 e. The van der Waals surface area contributed by atoms with E-state index in [-0.39, 0.29) is 0 Å². The van der Waals surface area contributed by atoms with Gasteiger partial charge in [0.25, 0.3) is 0 Å². The highest BCUT2D eigenvalue weighted by Crippen LogP contribution is 2.26. The topological polar surface area (TPSA) is 21.3 Å². The van der Waals surface area contributed by atoms with Gasteiger partial charge in [-0.3, -0.25) is 0 Å². The Morgan fingerprint density at radius 1 is 1.10 bits per heavy atom. The third-order valence-electron chi connectivity index (χ3n) is 3.82. The van der Waals surface area contributed by atoms with Crippen LogP contribution in [0.25, 0.3) is 0 Å². The number of nitrogens with one attached hydrogen (secondary N) is 1. The van der Waals surface area contributed by atoms with E-state index in [9.17, 15) is 0 Å². The van der Waals surface area contributed by atoms with Crippen LogP contribution in [0, 0.1) is 6.92 Å². The predicted molar refractivity (Wildman–Crippen MR) is 87.5 cm³/mol. The maximum atomic E-state index is 5.46. The Hall–Kier alpha value is -1.02. The number of unbranched alkanes of at least 4 members (excludes halogenated alkanes) is 3. The minimum atomic E-state index is 0.460. The van der Waals surface area contributed by atoms with E-state index in [1.807, 2.05) is 0 Å². The number of benzene rings is 1. The van der Waals surface area contributed by atoms with Gasteiger partial charge >= 0.3 is 0 Å². The first kappa shape index (κ1) is 17.0. The fraction of sp³-hybridized carbons (Fsp3) is 0.667. The molecule has 2 heteroatoms. The maximum Gasteiger partial charge on any atom is 0.122 e. The monoisotopic (exact) mass is 277 g/mol. The fourth-order valence-corrected chi connectivity index (χ4v) is 2.53. The molecular weight excluding hydrogens is 246 g/mol. The molecule has 0 aliphatic carbocycles. The zero-order valence-corrected chi connectivity index (χ0v) is 13.7. The molecule has 0 saturated carbocycles. The van der Waals surface area contributed by atoms with Crippen LogP contribution in [-0.2, 0) is 0 Å². The largest absolute Gasteiger partial charge is 0.496 e. The first-order chi connectivity index (χ1) is 9.72. The van der Waals surface area contributed by atoms with E-state index in [0.29, 0.717) is 6.04 Å². The van der Waals surface area contributed by atoms with Crippen molar-refractivity contribution in [3.8, 4) is 5.75 Å². The highest BCUT2D eigenvalue weighted by Gasteiger charge is 2.12. The van der Waals surface area contributed by atoms with Gasteiger partial charge in [-0.2, -0.15) is 0 Å². The highest BCUT2D eigenvalue weighted by molar-refractivity contribution is 5.37. The Morgan fingerprint density at radius 2 is 1.90 bits per heavy atom. The van der Waals surface area contributed by atoms with Gasteiger partial charge in [-0.1, -0.05) is 51.7 Å². The van der Waals surface area contributed by atoms with Crippen LogP contribution in [0.2, 0.25) is 0 Å². The third kappa shape index (κ3) is 5.54. The summed E-state index contributed by atoms with van der Waals surface area (Å²) in [6.45, 7) is 7.65. The lowest BCUT2D eigenvalue weighted by Gasteiger charge is -2.20. The van der Waals surface area contributed by atoms with Crippen molar-refractivity contribution in [2.75, 3.05) is 13.7 Å². The summed E-state index contributed by atoms with van der Waals surface area (Å²) in [4.78, 5) is 0. The summed E-state index contributed by atoms with van der Waals surface area (Å²) in [5, 5.41) is 3.68. The van der Waals surface area contributed by atoms with Gasteiger partial charge < -0.3 is 10.1 Å². The number of ether oxygens (including phenoxy) is 1. The van der Waals surface area contributed by atoms with Crippen molar-refractivity contribution in [3.63, 3.8) is 0 Å². The van der Waals surface area contributed by atoms with Crippen LogP contribution in [-0.4, -0.2) is 13.7 Å². The summed E-state index contributed by atoms with van der Waals surface area (Å²) in [7, 11) is 1.75. The molecule has 0 spiro atoms. The smallest absolute Gasteiger partial charge is 0.122 e. The first-order valence-corrected chi connectivity index (χ1v) is 8.10. The number of methoxy groups -OCH3 is 1. The van der Waals surface area contributed by atoms with Gasteiger partial charge in [0.15, 0.2) is 0 Å². The Bertz CT molecular complexity index is 376. The molecule has 0 fully saturated rings. The van der Waals surface area contributed by atoms with Crippen LogP contribution >= 0.6 is 0 Å². The average Bonchev–Trinajstić information content (AvgIpc) is 2.47. The predicted octanol–water partition coefficient (Wildman–Crippen LogP) is 5.01. The second kappa shape index (κ2) is 9.82. The number of hydrogen-bond donors (Lipinski definition) is 1. The van der Waals surface area contributed by atoms with Crippen molar-refractivity contribution in [2.24, 2.45) is 0 Å². The molecule has 114 valence electrons. The zero-order valence-electron chi connectivity index (χ0n) is 13.7. The molecule has 20 heavy (non-hydrogen) atoms. The van der Waals surface area contributed by atoms with Gasteiger partial charge in [0, 0.05) is 6.04 Å². The van der Waals surface area contributed by atoms with Crippen LogP contribution in [0.15, 0.2) is 18.2 Å². The minimum absolute atomic E-state index is 0.460. The van der Waals surface area contributed by atoms with Crippen LogP contribution in [0.3, 0.4) is 0 Å². The van der Waals surface area contributed by atoms with Gasteiger partial charge in [0.05, 0.1) is 7.11 Å². The summed E-state index contributed by atoms with van der Waals surface area (Å²) >= 11 is 0. The molecule has 0 aromatic heterocycles. The molecule has 0 amide bonds. The molecule has 0 aliphatic heterocycles. The Labute approximate surface area is 124 Å². The van der Waals surface area contributed by atoms with Crippen LogP contribution in [0.4, 0.5) is 0 Å². The van der Waals surface area contributed by atoms with E-state index < -0.39 is 0 Å². The van der Waals surface area contributed by atoms with Crippen molar-refractivity contribution in [2.45, 2.75) is 65.3 Å². The maximum absolute atomic E-state index is 5.46. The number of rotatable bonds is 10. The summed E-state index contributed by atoms with van der Waals surface area (Å²) in [6.07, 6.45) is 7.67. The summed E-state index contributed by atoms with van der Waals surface area (Å²) in [5.74, 6) is 0.999. The molecule has 1 unspecified atom stereocenters. The van der Waals surface area contributed by atoms with E-state index in [0.717, 1.165) is 12.3 Å². The van der Waals surface area contributed by atoms with Gasteiger partial charge in [-0.05, 0) is 43.5 Å². The Balaban J connectivity index is 2.70. The summed E-state index contributed by atoms with van der Waals surface area (Å²) < 4.78 is 5.46. The Kier molecular flexibility index (Phi) is 8.36. The second-order valence-corrected chi connectivity index (χ2v) is 5.59. The number of hydrogen-bond acceptors (Lipinski definition) is 2. The van der Waals surface area contributed by atoms with Crippen molar-refractivity contribution in [1.29, 1.82) is 0 Å².